The molecule has 0 atom stereocenters. The van der Waals surface area contributed by atoms with Gasteiger partial charge in [-0.3, -0.25) is 4.99 Å². The summed E-state index contributed by atoms with van der Waals surface area (Å²) in [6.45, 7) is 4.55. The quantitative estimate of drug-likeness (QED) is 0.484. The molecule has 0 aliphatic carbocycles. The summed E-state index contributed by atoms with van der Waals surface area (Å²) in [5, 5.41) is 10.8. The highest BCUT2D eigenvalue weighted by molar-refractivity contribution is 7.92. The fraction of sp³-hybridized carbons (Fsp3) is 0.524. The van der Waals surface area contributed by atoms with Crippen LogP contribution in [-0.4, -0.2) is 68.0 Å². The van der Waals surface area contributed by atoms with Crippen molar-refractivity contribution >= 4 is 15.8 Å². The molecule has 0 saturated carbocycles. The smallest absolute Gasteiger partial charge is 0.191 e. The molecule has 164 valence electrons. The van der Waals surface area contributed by atoms with E-state index in [9.17, 15) is 8.42 Å². The van der Waals surface area contributed by atoms with E-state index in [-0.39, 0.29) is 6.54 Å². The molecule has 9 heteroatoms. The summed E-state index contributed by atoms with van der Waals surface area (Å²) in [6.07, 6.45) is 6.77. The van der Waals surface area contributed by atoms with Crippen LogP contribution in [0.2, 0.25) is 0 Å². The number of hydrogen-bond acceptors (Lipinski definition) is 5. The van der Waals surface area contributed by atoms with Crippen molar-refractivity contribution in [2.24, 2.45) is 4.99 Å². The van der Waals surface area contributed by atoms with E-state index in [1.807, 2.05) is 36.0 Å². The molecule has 2 N–H and O–H groups in total. The Bertz CT molecular complexity index is 918. The molecule has 1 aliphatic rings. The summed E-state index contributed by atoms with van der Waals surface area (Å²) in [4.78, 5) is 4.60. The lowest BCUT2D eigenvalue weighted by atomic mass is 9.99. The van der Waals surface area contributed by atoms with E-state index in [0.717, 1.165) is 12.1 Å². The first-order chi connectivity index (χ1) is 14.4. The minimum Gasteiger partial charge on any atom is -0.381 e. The number of nitrogens with one attached hydrogen (secondary N) is 2. The number of nitrogens with zero attached hydrogens (tertiary/aromatic N) is 3. The summed E-state index contributed by atoms with van der Waals surface area (Å²) >= 11 is 0. The summed E-state index contributed by atoms with van der Waals surface area (Å²) in [5.74, 6) is 0.639. The first-order valence-electron chi connectivity index (χ1n) is 10.3. The predicted octanol–water partition coefficient (Wildman–Crippen LogP) is 1.56. The van der Waals surface area contributed by atoms with Gasteiger partial charge >= 0.3 is 0 Å². The molecule has 8 nitrogen and oxygen atoms in total. The van der Waals surface area contributed by atoms with Crippen molar-refractivity contribution in [3.05, 3.63) is 48.3 Å². The zero-order valence-corrected chi connectivity index (χ0v) is 18.5. The summed E-state index contributed by atoms with van der Waals surface area (Å²) < 4.78 is 31.2. The second kappa shape index (κ2) is 10.1. The largest absolute Gasteiger partial charge is 0.381 e. The minimum absolute atomic E-state index is 0.239. The molecule has 1 saturated heterocycles. The summed E-state index contributed by atoms with van der Waals surface area (Å²) in [6, 6.07) is 10.2. The van der Waals surface area contributed by atoms with Crippen LogP contribution in [0.4, 0.5) is 0 Å². The molecule has 1 aliphatic heterocycles. The van der Waals surface area contributed by atoms with Crippen LogP contribution in [0.3, 0.4) is 0 Å². The average Bonchev–Trinajstić information content (AvgIpc) is 3.27. The molecule has 30 heavy (non-hydrogen) atoms. The summed E-state index contributed by atoms with van der Waals surface area (Å²) in [5.41, 5.74) is 2.22. The Kier molecular flexibility index (Phi) is 7.49. The monoisotopic (exact) mass is 433 g/mol. The Labute approximate surface area is 178 Å². The van der Waals surface area contributed by atoms with Crippen LogP contribution >= 0.6 is 0 Å². The Balaban J connectivity index is 1.58. The van der Waals surface area contributed by atoms with E-state index in [1.54, 1.807) is 6.20 Å². The second-order valence-corrected chi connectivity index (χ2v) is 9.97. The molecule has 1 aromatic heterocycles. The molecule has 0 bridgehead atoms. The van der Waals surface area contributed by atoms with Gasteiger partial charge in [0.1, 0.15) is 0 Å². The maximum atomic E-state index is 12.4. The van der Waals surface area contributed by atoms with Crippen LogP contribution in [0.1, 0.15) is 25.3 Å². The summed E-state index contributed by atoms with van der Waals surface area (Å²) in [7, 11) is -3.23. The standard InChI is InChI=1S/C21H31N5O3S/c1-3-22-20(24-17-21(30(2,27)28)10-15-29-16-11-21)23-13-9-18-5-7-19(8-6-18)26-14-4-12-25-26/h4-8,12,14H,3,9-11,13,15-17H2,1-2H3,(H2,22,23,24). The van der Waals surface area contributed by atoms with Gasteiger partial charge in [0.2, 0.25) is 0 Å². The molecule has 1 aromatic carbocycles. The number of guanidine groups is 1. The van der Waals surface area contributed by atoms with Crippen molar-refractivity contribution in [1.29, 1.82) is 0 Å². The molecular weight excluding hydrogens is 402 g/mol. The third-order valence-electron chi connectivity index (χ3n) is 5.47. The molecule has 0 unspecified atom stereocenters. The second-order valence-electron chi connectivity index (χ2n) is 7.56. The van der Waals surface area contributed by atoms with E-state index >= 15 is 0 Å². The van der Waals surface area contributed by atoms with E-state index in [1.165, 1.54) is 11.8 Å². The topological polar surface area (TPSA) is 97.6 Å². The Hall–Kier alpha value is -2.39. The van der Waals surface area contributed by atoms with E-state index in [0.29, 0.717) is 45.1 Å². The third kappa shape index (κ3) is 5.60. The third-order valence-corrected chi connectivity index (χ3v) is 7.58. The fourth-order valence-electron chi connectivity index (χ4n) is 3.52. The van der Waals surface area contributed by atoms with Gasteiger partial charge in [0.25, 0.3) is 0 Å². The van der Waals surface area contributed by atoms with E-state index in [2.05, 4.69) is 32.9 Å². The van der Waals surface area contributed by atoms with Crippen LogP contribution in [0.25, 0.3) is 5.69 Å². The highest BCUT2D eigenvalue weighted by atomic mass is 32.2. The first-order valence-corrected chi connectivity index (χ1v) is 12.2. The van der Waals surface area contributed by atoms with Crippen molar-refractivity contribution in [2.75, 3.05) is 39.1 Å². The molecule has 2 aromatic rings. The van der Waals surface area contributed by atoms with Crippen molar-refractivity contribution in [1.82, 2.24) is 20.4 Å². The van der Waals surface area contributed by atoms with Gasteiger partial charge in [-0.25, -0.2) is 13.1 Å². The zero-order valence-electron chi connectivity index (χ0n) is 17.7. The van der Waals surface area contributed by atoms with Crippen LogP contribution in [0, 0.1) is 0 Å². The maximum absolute atomic E-state index is 12.4. The molecule has 0 amide bonds. The van der Waals surface area contributed by atoms with Crippen LogP contribution in [-0.2, 0) is 21.0 Å². The van der Waals surface area contributed by atoms with E-state index < -0.39 is 14.6 Å². The lowest BCUT2D eigenvalue weighted by molar-refractivity contribution is 0.0768. The Morgan fingerprint density at radius 2 is 1.97 bits per heavy atom. The molecule has 3 rings (SSSR count). The normalized spacial score (nSPS) is 16.9. The minimum atomic E-state index is -3.23. The van der Waals surface area contributed by atoms with Gasteiger partial charge in [-0.2, -0.15) is 5.10 Å². The van der Waals surface area contributed by atoms with Gasteiger partial charge < -0.3 is 15.4 Å². The number of aromatic nitrogens is 2. The van der Waals surface area contributed by atoms with Crippen molar-refractivity contribution < 1.29 is 13.2 Å². The lowest BCUT2D eigenvalue weighted by Crippen LogP contribution is -2.47. The van der Waals surface area contributed by atoms with Gasteiger partial charge in [0, 0.05) is 45.0 Å². The van der Waals surface area contributed by atoms with Gasteiger partial charge in [-0.05, 0) is 49.9 Å². The van der Waals surface area contributed by atoms with Crippen molar-refractivity contribution in [3.63, 3.8) is 0 Å². The van der Waals surface area contributed by atoms with Gasteiger partial charge in [-0.15, -0.1) is 0 Å². The number of ether oxygens (including phenoxy) is 1. The Morgan fingerprint density at radius 1 is 1.23 bits per heavy atom. The fourth-order valence-corrected chi connectivity index (χ4v) is 4.72. The molecule has 0 radical (unpaired) electrons. The number of benzene rings is 1. The molecule has 1 fully saturated rings. The number of hydrogen-bond donors (Lipinski definition) is 2. The van der Waals surface area contributed by atoms with Crippen LogP contribution < -0.4 is 10.6 Å². The van der Waals surface area contributed by atoms with Gasteiger partial charge in [0.05, 0.1) is 17.0 Å². The lowest BCUT2D eigenvalue weighted by Gasteiger charge is -2.34. The van der Waals surface area contributed by atoms with Crippen molar-refractivity contribution in [2.45, 2.75) is 30.9 Å². The van der Waals surface area contributed by atoms with Gasteiger partial charge in [-0.1, -0.05) is 12.1 Å². The number of aliphatic imine (C=N–C) groups is 1. The SMILES string of the molecule is CCNC(=NCC1(S(C)(=O)=O)CCOCC1)NCCc1ccc(-n2cccn2)cc1. The maximum Gasteiger partial charge on any atom is 0.191 e. The number of sulfone groups is 1. The zero-order chi connectivity index (χ0) is 21.5. The molecule has 2 heterocycles. The first kappa shape index (κ1) is 22.3. The molecule has 0 spiro atoms. The average molecular weight is 434 g/mol. The van der Waals surface area contributed by atoms with Crippen LogP contribution in [0.15, 0.2) is 47.7 Å². The highest BCUT2D eigenvalue weighted by Crippen LogP contribution is 2.29. The Morgan fingerprint density at radius 3 is 2.57 bits per heavy atom. The van der Waals surface area contributed by atoms with Crippen molar-refractivity contribution in [3.8, 4) is 5.69 Å². The predicted molar refractivity (Wildman–Crippen MR) is 119 cm³/mol. The van der Waals surface area contributed by atoms with E-state index in [4.69, 9.17) is 4.74 Å². The number of rotatable bonds is 8. The van der Waals surface area contributed by atoms with Crippen LogP contribution in [0.5, 0.6) is 0 Å². The van der Waals surface area contributed by atoms with Gasteiger partial charge in [0.15, 0.2) is 15.8 Å². The molecular formula is C21H31N5O3S. The highest BCUT2D eigenvalue weighted by Gasteiger charge is 2.42.